The number of piperidine rings is 2. The summed E-state index contributed by atoms with van der Waals surface area (Å²) in [4.78, 5) is 81.2. The van der Waals surface area contributed by atoms with E-state index >= 15 is 0 Å². The van der Waals surface area contributed by atoms with E-state index in [-0.39, 0.29) is 41.8 Å². The van der Waals surface area contributed by atoms with Crippen LogP contribution in [0.1, 0.15) is 141 Å². The molecule has 2 aliphatic heterocycles. The average Bonchev–Trinajstić information content (AvgIpc) is 1.67. The third-order valence-corrected chi connectivity index (χ3v) is 19.5. The first-order chi connectivity index (χ1) is 52.5. The number of hydrogen-bond acceptors (Lipinski definition) is 23. The van der Waals surface area contributed by atoms with Gasteiger partial charge in [0.15, 0.2) is 5.15 Å². The number of H-pyrrole nitrogens is 2. The molecule has 0 radical (unpaired) electrons. The maximum Gasteiger partial charge on any atom is 0.407 e. The Morgan fingerprint density at radius 2 is 1.06 bits per heavy atom. The molecule has 35 heteroatoms. The van der Waals surface area contributed by atoms with Gasteiger partial charge < -0.3 is 55.1 Å². The van der Waals surface area contributed by atoms with Gasteiger partial charge in [-0.3, -0.25) is 14.4 Å². The van der Waals surface area contributed by atoms with Gasteiger partial charge in [-0.2, -0.15) is 20.4 Å². The first kappa shape index (κ1) is 87.8. The Morgan fingerprint density at radius 3 is 1.58 bits per heavy atom. The van der Waals surface area contributed by atoms with E-state index < -0.39 is 11.2 Å². The molecule has 0 spiro atoms. The minimum Gasteiger partial charge on any atom is -0.461 e. The number of alkyl carbamates (subject to hydrolysis) is 2. The van der Waals surface area contributed by atoms with Crippen molar-refractivity contribution in [2.75, 3.05) is 64.0 Å². The van der Waals surface area contributed by atoms with E-state index in [1.54, 1.807) is 95.5 Å². The van der Waals surface area contributed by atoms with E-state index in [0.717, 1.165) is 118 Å². The quantitative estimate of drug-likeness (QED) is 0.0217. The molecule has 0 saturated carbocycles. The van der Waals surface area contributed by atoms with Crippen molar-refractivity contribution in [3.63, 3.8) is 0 Å². The van der Waals surface area contributed by atoms with Gasteiger partial charge in [-0.25, -0.2) is 57.2 Å². The first-order valence-electron chi connectivity index (χ1n) is 35.5. The number of esters is 2. The summed E-state index contributed by atoms with van der Waals surface area (Å²) in [6.07, 6.45) is 32.1. The van der Waals surface area contributed by atoms with Crippen LogP contribution in [0.3, 0.4) is 0 Å². The second-order valence-electron chi connectivity index (χ2n) is 27.0. The number of nitrogens with zero attached hydrogens (tertiary/aromatic N) is 15. The number of carbonyl (C=O) groups excluding carboxylic acids is 4. The zero-order valence-electron chi connectivity index (χ0n) is 65.1. The molecule has 12 aromatic rings. The second-order valence-corrected chi connectivity index (χ2v) is 30.3. The minimum atomic E-state index is -0.460. The Balaban J connectivity index is 0.000000179. The van der Waals surface area contributed by atoms with E-state index in [2.05, 4.69) is 117 Å². The highest BCUT2D eigenvalue weighted by Crippen LogP contribution is 2.27. The Labute approximate surface area is 666 Å². The molecule has 0 atom stereocenters. The summed E-state index contributed by atoms with van der Waals surface area (Å²) in [7, 11) is 0. The summed E-state index contributed by atoms with van der Waals surface area (Å²) >= 11 is 14.3. The highest BCUT2D eigenvalue weighted by Gasteiger charge is 2.26. The molecular formula is C75H101BrClN21O9S3. The van der Waals surface area contributed by atoms with Crippen molar-refractivity contribution in [3.8, 4) is 0 Å². The Morgan fingerprint density at radius 1 is 0.573 bits per heavy atom. The van der Waals surface area contributed by atoms with Crippen LogP contribution in [-0.2, 0) is 30.8 Å². The number of alkyl halides is 1. The summed E-state index contributed by atoms with van der Waals surface area (Å²) in [6, 6.07) is 14.2. The molecule has 0 unspecified atom stereocenters. The number of nitrogens with two attached hydrogens (primary N) is 1. The predicted molar refractivity (Wildman–Crippen MR) is 437 cm³/mol. The second kappa shape index (κ2) is 42.7. The predicted octanol–water partition coefficient (Wildman–Crippen LogP) is 13.1. The number of nitrogen functional groups attached to an aromatic ring is 1. The number of hydrogen-bond donors (Lipinski definition) is 6. The summed E-state index contributed by atoms with van der Waals surface area (Å²) < 4.78 is 30.5. The number of fused-ring (bicyclic) bond motifs is 5. The number of likely N-dealkylation sites (tertiary alicyclic amines) is 1. The molecule has 7 N–H and O–H groups in total. The number of aryl methyl sites for hydroxylation is 5. The lowest BCUT2D eigenvalue weighted by atomic mass is 10.0. The highest BCUT2D eigenvalue weighted by molar-refractivity contribution is 9.08. The van der Waals surface area contributed by atoms with E-state index in [4.69, 9.17) is 36.4 Å². The van der Waals surface area contributed by atoms with Crippen molar-refractivity contribution in [3.05, 3.63) is 189 Å². The molecule has 110 heavy (non-hydrogen) atoms. The van der Waals surface area contributed by atoms with Gasteiger partial charge in [0.25, 0.3) is 5.56 Å². The van der Waals surface area contributed by atoms with Gasteiger partial charge in [0.2, 0.25) is 0 Å². The van der Waals surface area contributed by atoms with Crippen molar-refractivity contribution < 1.29 is 38.1 Å². The molecule has 30 nitrogen and oxygen atoms in total. The Kier molecular flexibility index (Phi) is 34.0. The number of amides is 2. The van der Waals surface area contributed by atoms with Crippen LogP contribution in [0.15, 0.2) is 143 Å². The van der Waals surface area contributed by atoms with Gasteiger partial charge >= 0.3 is 24.1 Å². The minimum absolute atomic E-state index is 0.0949. The molecule has 14 rings (SSSR count). The molecule has 14 heterocycles. The van der Waals surface area contributed by atoms with E-state index in [9.17, 15) is 24.0 Å². The van der Waals surface area contributed by atoms with Gasteiger partial charge in [-0.05, 0) is 229 Å². The van der Waals surface area contributed by atoms with Crippen LogP contribution in [0.2, 0.25) is 5.15 Å². The number of aromatic nitrogens is 16. The molecule has 2 saturated heterocycles. The Bertz CT molecular complexity index is 4960. The van der Waals surface area contributed by atoms with Crippen molar-refractivity contribution in [1.29, 1.82) is 0 Å². The van der Waals surface area contributed by atoms with E-state index in [1.165, 1.54) is 39.5 Å². The molecule has 2 amide bonds. The number of nitrogens with one attached hydrogen (secondary N) is 5. The number of aromatic amines is 2. The maximum atomic E-state index is 11.9. The third kappa shape index (κ3) is 25.8. The summed E-state index contributed by atoms with van der Waals surface area (Å²) in [5, 5.41) is 29.9. The number of rotatable bonds is 12. The summed E-state index contributed by atoms with van der Waals surface area (Å²) in [5.41, 5.74) is 12.5. The lowest BCUT2D eigenvalue weighted by Crippen LogP contribution is -2.45. The monoisotopic (exact) mass is 1650 g/mol. The van der Waals surface area contributed by atoms with Crippen LogP contribution >= 0.6 is 62.8 Å². The number of ether oxygens (including phenoxy) is 4. The van der Waals surface area contributed by atoms with Crippen molar-refractivity contribution in [1.82, 2.24) is 98.3 Å². The van der Waals surface area contributed by atoms with Gasteiger partial charge in [0.1, 0.15) is 79.5 Å². The molecule has 2 aliphatic rings. The summed E-state index contributed by atoms with van der Waals surface area (Å²) in [6.45, 7) is 29.9. The van der Waals surface area contributed by atoms with Crippen LogP contribution in [0.5, 0.6) is 0 Å². The standard InChI is InChI=1S/C18H27N5O2S.C10H20N2O2.C9H9BrN2S.C8H9N3S.C8H12N2O2.C8H11NO2.C7H6ClN3.C7H7N3O/c1-18(2,3)25-17(24)21-14-6-8-22(9-7-14)11-13-5-10-23-15(13)16(26-4)19-12-20-23;1-10(2,3)14-9(13)12-8-4-6-11-7-5-8;1-13-9-8-7(6-10)2-4-12(8)5-3-11-9;1-6-3-4-11-7(6)8(12-2)9-5-10-11;1-3-12-8(11)7-6(2)4-5-10(7)9;1-3-11-8(10)7-6(2)4-5-9-7;1-5-2-3-11-6(5)7(8)9-4-10-11;1-5-2-3-10-6(5)7(11)8-4-9-10/h5,10,12,14H,6-9,11H2,1-4H3,(H,21,24);8,11H,4-7H2,1-3H3,(H,12,13);2-5H,6H2,1H3;3-5H,1-2H3;4-5H,3,9H2,1-2H3;4-5,9H,3H2,1-2H3;2-4H,1H3;2-4H,1H3,(H,8,9,11). The zero-order chi connectivity index (χ0) is 80.2. The van der Waals surface area contributed by atoms with E-state index in [0.29, 0.717) is 35.3 Å². The molecule has 12 aromatic heterocycles. The van der Waals surface area contributed by atoms with Crippen LogP contribution < -0.4 is 27.4 Å². The Hall–Kier alpha value is -9.45. The highest BCUT2D eigenvalue weighted by atomic mass is 79.9. The molecular weight excluding hydrogens is 1550 g/mol. The molecule has 0 aromatic carbocycles. The normalized spacial score (nSPS) is 13.0. The lowest BCUT2D eigenvalue weighted by molar-refractivity contribution is 0.0470. The molecule has 0 bridgehead atoms. The number of carbonyl (C=O) groups is 4. The molecule has 2 fully saturated rings. The van der Waals surface area contributed by atoms with Crippen molar-refractivity contribution >= 4 is 115 Å². The van der Waals surface area contributed by atoms with Gasteiger partial charge in [-0.15, -0.1) is 35.3 Å². The average molecular weight is 1650 g/mol. The van der Waals surface area contributed by atoms with Crippen LogP contribution in [-0.4, -0.2) is 188 Å². The topological polar surface area (TPSA) is 349 Å². The summed E-state index contributed by atoms with van der Waals surface area (Å²) in [5.74, 6) is 4.83. The number of halogens is 2. The van der Waals surface area contributed by atoms with Gasteiger partial charge in [0, 0.05) is 92.8 Å². The first-order valence-corrected chi connectivity index (χ1v) is 40.7. The van der Waals surface area contributed by atoms with Crippen LogP contribution in [0.25, 0.3) is 27.6 Å². The van der Waals surface area contributed by atoms with Gasteiger partial charge in [-0.1, -0.05) is 27.5 Å². The third-order valence-electron chi connectivity index (χ3n) is 16.5. The number of thioether (sulfide) groups is 3. The van der Waals surface area contributed by atoms with E-state index in [1.807, 2.05) is 152 Å². The SMILES string of the molecule is CC(C)(C)OC(=O)NC1CCNCC1.CCOC(=O)c1[nH]ccc1C.CCOC(=O)c1c(C)ccn1N.CSc1nccn2ccc(CBr)c12.CSc1ncnn2ccc(C)c12.CSc1ncnn2ccc(CN3CCC(NC(=O)OC(C)(C)C)CC3)c12.Cc1ccn2nc[nH]c(=O)c12.Cc1ccn2ncnc(Cl)c12. The van der Waals surface area contributed by atoms with Crippen LogP contribution in [0, 0.1) is 34.6 Å². The van der Waals surface area contributed by atoms with Crippen molar-refractivity contribution in [2.24, 2.45) is 0 Å². The zero-order valence-corrected chi connectivity index (χ0v) is 69.9. The largest absolute Gasteiger partial charge is 0.461 e. The fourth-order valence-corrected chi connectivity index (χ4v) is 13.8. The fourth-order valence-electron chi connectivity index (χ4n) is 11.3. The van der Waals surface area contributed by atoms with Crippen molar-refractivity contribution in [2.45, 2.75) is 166 Å². The fraction of sp³-hybridized carbons (Fsp3) is 0.427. The smallest absolute Gasteiger partial charge is 0.407 e. The maximum absolute atomic E-state index is 11.9. The molecule has 592 valence electrons. The van der Waals surface area contributed by atoms with Gasteiger partial charge in [0.05, 0.1) is 24.2 Å². The molecule has 0 aliphatic carbocycles. The lowest BCUT2D eigenvalue weighted by Gasteiger charge is -2.32. The van der Waals surface area contributed by atoms with Crippen LogP contribution in [0.4, 0.5) is 9.59 Å².